The molecule has 0 aliphatic carbocycles. The van der Waals surface area contributed by atoms with Gasteiger partial charge in [0.2, 0.25) is 0 Å². The summed E-state index contributed by atoms with van der Waals surface area (Å²) < 4.78 is 10.9. The molecule has 1 fully saturated rings. The van der Waals surface area contributed by atoms with Crippen LogP contribution in [0.2, 0.25) is 0 Å². The Morgan fingerprint density at radius 3 is 2.69 bits per heavy atom. The minimum Gasteiger partial charge on any atom is -0.497 e. The SMILES string of the molecule is COc1ccc(C2(CNc3ncnc4cnccc34)CCOCC2)cc1. The first-order valence-corrected chi connectivity index (χ1v) is 8.82. The molecule has 2 aromatic heterocycles. The molecule has 26 heavy (non-hydrogen) atoms. The summed E-state index contributed by atoms with van der Waals surface area (Å²) in [6.45, 7) is 2.32. The van der Waals surface area contributed by atoms with Gasteiger partial charge in [0.05, 0.1) is 18.8 Å². The van der Waals surface area contributed by atoms with E-state index in [1.165, 1.54) is 5.56 Å². The quantitative estimate of drug-likeness (QED) is 0.762. The zero-order valence-electron chi connectivity index (χ0n) is 14.8. The minimum absolute atomic E-state index is 0.00876. The molecule has 0 atom stereocenters. The number of methoxy groups -OCH3 is 1. The van der Waals surface area contributed by atoms with E-state index in [9.17, 15) is 0 Å². The van der Waals surface area contributed by atoms with Gasteiger partial charge < -0.3 is 14.8 Å². The van der Waals surface area contributed by atoms with E-state index < -0.39 is 0 Å². The van der Waals surface area contributed by atoms with Crippen LogP contribution in [0.4, 0.5) is 5.82 Å². The third-order valence-corrected chi connectivity index (χ3v) is 5.19. The van der Waals surface area contributed by atoms with Gasteiger partial charge in [-0.25, -0.2) is 9.97 Å². The lowest BCUT2D eigenvalue weighted by Crippen LogP contribution is -2.40. The van der Waals surface area contributed by atoms with Crippen molar-refractivity contribution < 1.29 is 9.47 Å². The van der Waals surface area contributed by atoms with Gasteiger partial charge in [0.25, 0.3) is 0 Å². The number of nitrogens with zero attached hydrogens (tertiary/aromatic N) is 3. The van der Waals surface area contributed by atoms with Crippen molar-refractivity contribution in [1.82, 2.24) is 15.0 Å². The summed E-state index contributed by atoms with van der Waals surface area (Å²) in [5.41, 5.74) is 2.15. The van der Waals surface area contributed by atoms with Gasteiger partial charge in [-0.15, -0.1) is 0 Å². The summed E-state index contributed by atoms with van der Waals surface area (Å²) in [5, 5.41) is 4.55. The number of hydrogen-bond donors (Lipinski definition) is 1. The topological polar surface area (TPSA) is 69.2 Å². The maximum Gasteiger partial charge on any atom is 0.137 e. The van der Waals surface area contributed by atoms with Crippen molar-refractivity contribution in [2.24, 2.45) is 0 Å². The van der Waals surface area contributed by atoms with Gasteiger partial charge in [-0.2, -0.15) is 0 Å². The van der Waals surface area contributed by atoms with Gasteiger partial charge in [-0.1, -0.05) is 12.1 Å². The van der Waals surface area contributed by atoms with E-state index in [0.717, 1.165) is 55.1 Å². The fourth-order valence-corrected chi connectivity index (χ4v) is 3.58. The molecule has 1 N–H and O–H groups in total. The second kappa shape index (κ2) is 7.25. The molecule has 134 valence electrons. The molecule has 0 saturated carbocycles. The summed E-state index contributed by atoms with van der Waals surface area (Å²) in [4.78, 5) is 12.9. The predicted molar refractivity (Wildman–Crippen MR) is 101 cm³/mol. The molecule has 0 bridgehead atoms. The lowest BCUT2D eigenvalue weighted by atomic mass is 9.74. The van der Waals surface area contributed by atoms with Crippen molar-refractivity contribution >= 4 is 16.7 Å². The number of pyridine rings is 1. The zero-order valence-corrected chi connectivity index (χ0v) is 14.8. The average molecular weight is 350 g/mol. The maximum atomic E-state index is 5.63. The maximum absolute atomic E-state index is 5.63. The highest BCUT2D eigenvalue weighted by molar-refractivity contribution is 5.87. The fourth-order valence-electron chi connectivity index (χ4n) is 3.58. The van der Waals surface area contributed by atoms with Crippen LogP contribution in [0.25, 0.3) is 10.9 Å². The smallest absolute Gasteiger partial charge is 0.137 e. The van der Waals surface area contributed by atoms with E-state index in [1.54, 1.807) is 25.8 Å². The van der Waals surface area contributed by atoms with Crippen LogP contribution >= 0.6 is 0 Å². The molecule has 3 aromatic rings. The van der Waals surface area contributed by atoms with E-state index in [-0.39, 0.29) is 5.41 Å². The standard InChI is InChI=1S/C20H22N4O2/c1-25-16-4-2-15(3-5-16)20(7-10-26-11-8-20)13-22-19-17-6-9-21-12-18(17)23-14-24-19/h2-6,9,12,14H,7-8,10-11,13H2,1H3,(H,22,23,24). The van der Waals surface area contributed by atoms with Crippen LogP contribution in [-0.4, -0.2) is 41.8 Å². The van der Waals surface area contributed by atoms with Crippen molar-refractivity contribution in [3.63, 3.8) is 0 Å². The molecule has 6 heteroatoms. The van der Waals surface area contributed by atoms with Gasteiger partial charge in [0, 0.05) is 36.8 Å². The molecule has 3 heterocycles. The third kappa shape index (κ3) is 3.20. The zero-order chi connectivity index (χ0) is 17.8. The Morgan fingerprint density at radius 2 is 1.92 bits per heavy atom. The molecular weight excluding hydrogens is 328 g/mol. The second-order valence-corrected chi connectivity index (χ2v) is 6.59. The van der Waals surface area contributed by atoms with Crippen molar-refractivity contribution in [2.45, 2.75) is 18.3 Å². The largest absolute Gasteiger partial charge is 0.497 e. The lowest BCUT2D eigenvalue weighted by Gasteiger charge is -2.38. The number of nitrogens with one attached hydrogen (secondary N) is 1. The van der Waals surface area contributed by atoms with Gasteiger partial charge in [-0.05, 0) is 36.6 Å². The first-order valence-electron chi connectivity index (χ1n) is 8.82. The Bertz CT molecular complexity index is 871. The highest BCUT2D eigenvalue weighted by atomic mass is 16.5. The molecular formula is C20H22N4O2. The number of hydrogen-bond acceptors (Lipinski definition) is 6. The van der Waals surface area contributed by atoms with Crippen LogP contribution in [0.5, 0.6) is 5.75 Å². The first-order chi connectivity index (χ1) is 12.8. The number of ether oxygens (including phenoxy) is 2. The first kappa shape index (κ1) is 16.7. The molecule has 0 spiro atoms. The number of aromatic nitrogens is 3. The van der Waals surface area contributed by atoms with Crippen molar-refractivity contribution in [3.05, 3.63) is 54.6 Å². The predicted octanol–water partition coefficient (Wildman–Crippen LogP) is 3.19. The molecule has 1 aromatic carbocycles. The Hall–Kier alpha value is -2.73. The van der Waals surface area contributed by atoms with E-state index in [2.05, 4.69) is 32.4 Å². The van der Waals surface area contributed by atoms with E-state index in [1.807, 2.05) is 18.2 Å². The van der Waals surface area contributed by atoms with Crippen LogP contribution in [-0.2, 0) is 10.2 Å². The molecule has 1 aliphatic rings. The molecule has 0 unspecified atom stereocenters. The van der Waals surface area contributed by atoms with Gasteiger partial charge >= 0.3 is 0 Å². The molecule has 0 amide bonds. The molecule has 6 nitrogen and oxygen atoms in total. The van der Waals surface area contributed by atoms with Gasteiger partial charge in [0.15, 0.2) is 0 Å². The van der Waals surface area contributed by atoms with Crippen LogP contribution in [0.15, 0.2) is 49.1 Å². The van der Waals surface area contributed by atoms with E-state index >= 15 is 0 Å². The van der Waals surface area contributed by atoms with Crippen molar-refractivity contribution in [2.75, 3.05) is 32.2 Å². The lowest BCUT2D eigenvalue weighted by molar-refractivity contribution is 0.0543. The third-order valence-electron chi connectivity index (χ3n) is 5.19. The summed E-state index contributed by atoms with van der Waals surface area (Å²) >= 11 is 0. The van der Waals surface area contributed by atoms with Gasteiger partial charge in [0.1, 0.15) is 17.9 Å². The number of anilines is 1. The van der Waals surface area contributed by atoms with Crippen LogP contribution in [0.1, 0.15) is 18.4 Å². The monoisotopic (exact) mass is 350 g/mol. The molecule has 0 radical (unpaired) electrons. The number of benzene rings is 1. The van der Waals surface area contributed by atoms with E-state index in [0.29, 0.717) is 0 Å². The minimum atomic E-state index is 0.00876. The Kier molecular flexibility index (Phi) is 4.67. The molecule has 1 aliphatic heterocycles. The number of rotatable bonds is 5. The van der Waals surface area contributed by atoms with Crippen LogP contribution < -0.4 is 10.1 Å². The Balaban J connectivity index is 1.62. The van der Waals surface area contributed by atoms with Crippen molar-refractivity contribution in [3.8, 4) is 5.75 Å². The molecule has 4 rings (SSSR count). The summed E-state index contributed by atoms with van der Waals surface area (Å²) in [5.74, 6) is 1.72. The van der Waals surface area contributed by atoms with Gasteiger partial charge in [-0.3, -0.25) is 4.98 Å². The van der Waals surface area contributed by atoms with E-state index in [4.69, 9.17) is 9.47 Å². The summed E-state index contributed by atoms with van der Waals surface area (Å²) in [7, 11) is 1.69. The summed E-state index contributed by atoms with van der Waals surface area (Å²) in [6.07, 6.45) is 7.05. The molecule has 1 saturated heterocycles. The normalized spacial score (nSPS) is 16.3. The Labute approximate surface area is 152 Å². The van der Waals surface area contributed by atoms with Crippen LogP contribution in [0.3, 0.4) is 0 Å². The number of fused-ring (bicyclic) bond motifs is 1. The average Bonchev–Trinajstić information content (AvgIpc) is 2.73. The highest BCUT2D eigenvalue weighted by Gasteiger charge is 2.34. The van der Waals surface area contributed by atoms with Crippen molar-refractivity contribution in [1.29, 1.82) is 0 Å². The highest BCUT2D eigenvalue weighted by Crippen LogP contribution is 2.36. The summed E-state index contributed by atoms with van der Waals surface area (Å²) in [6, 6.07) is 10.3. The second-order valence-electron chi connectivity index (χ2n) is 6.59. The fraction of sp³-hybridized carbons (Fsp3) is 0.350. The van der Waals surface area contributed by atoms with Crippen LogP contribution in [0, 0.1) is 0 Å². The Morgan fingerprint density at radius 1 is 1.12 bits per heavy atom.